The Bertz CT molecular complexity index is 49.0. The lowest BCUT2D eigenvalue weighted by Gasteiger charge is -1.85. The van der Waals surface area contributed by atoms with Crippen molar-refractivity contribution in [3.05, 3.63) is 12.7 Å². The minimum atomic E-state index is 0.264. The molecular formula is C5H7S. The van der Waals surface area contributed by atoms with E-state index in [1.54, 1.807) is 6.08 Å². The lowest BCUT2D eigenvalue weighted by atomic mass is 10.2. The van der Waals surface area contributed by atoms with E-state index in [4.69, 9.17) is 0 Å². The lowest BCUT2D eigenvalue weighted by Crippen LogP contribution is -1.83. The van der Waals surface area contributed by atoms with Crippen molar-refractivity contribution in [2.75, 3.05) is 0 Å². The minimum Gasteiger partial charge on any atom is -0.102 e. The Hall–Kier alpha value is -0.170. The summed E-state index contributed by atoms with van der Waals surface area (Å²) < 4.78 is 0. The van der Waals surface area contributed by atoms with Crippen LogP contribution in [0, 0.1) is 5.92 Å². The lowest BCUT2D eigenvalue weighted by molar-refractivity contribution is 1.05. The van der Waals surface area contributed by atoms with Gasteiger partial charge < -0.3 is 0 Å². The van der Waals surface area contributed by atoms with Crippen molar-refractivity contribution in [3.63, 3.8) is 0 Å². The van der Waals surface area contributed by atoms with Gasteiger partial charge in [0.15, 0.2) is 0 Å². The van der Waals surface area contributed by atoms with Gasteiger partial charge in [-0.2, -0.15) is 0 Å². The zero-order valence-corrected chi connectivity index (χ0v) is 4.59. The average molecular weight is 99.2 g/mol. The van der Waals surface area contributed by atoms with Gasteiger partial charge >= 0.3 is 0 Å². The quantitative estimate of drug-likeness (QED) is 0.375. The maximum absolute atomic E-state index is 4.45. The van der Waals surface area contributed by atoms with Crippen LogP contribution in [0.1, 0.15) is 6.92 Å². The highest BCUT2D eigenvalue weighted by Gasteiger charge is 1.82. The summed E-state index contributed by atoms with van der Waals surface area (Å²) in [5.41, 5.74) is 0. The van der Waals surface area contributed by atoms with Crippen LogP contribution in [-0.2, 0) is 0 Å². The summed E-state index contributed by atoms with van der Waals surface area (Å²) in [5, 5.41) is 2.58. The van der Waals surface area contributed by atoms with Crippen molar-refractivity contribution in [1.29, 1.82) is 0 Å². The molecule has 0 aliphatic carbocycles. The van der Waals surface area contributed by atoms with Crippen molar-refractivity contribution < 1.29 is 0 Å². The second-order valence-corrected chi connectivity index (χ2v) is 1.38. The van der Waals surface area contributed by atoms with Crippen LogP contribution < -0.4 is 0 Å². The van der Waals surface area contributed by atoms with Crippen LogP contribution in [0.2, 0.25) is 0 Å². The molecule has 1 heteroatoms. The molecular weight excluding hydrogens is 92.1 g/mol. The third-order valence-electron chi connectivity index (χ3n) is 0.539. The van der Waals surface area contributed by atoms with Crippen molar-refractivity contribution in [2.45, 2.75) is 6.92 Å². The summed E-state index contributed by atoms with van der Waals surface area (Å²) in [6.45, 7) is 5.45. The molecule has 6 heavy (non-hydrogen) atoms. The third-order valence-corrected chi connectivity index (χ3v) is 0.911. The Morgan fingerprint density at radius 1 is 2.00 bits per heavy atom. The first-order chi connectivity index (χ1) is 2.81. The van der Waals surface area contributed by atoms with E-state index < -0.39 is 0 Å². The molecule has 33 valence electrons. The summed E-state index contributed by atoms with van der Waals surface area (Å²) in [5.74, 6) is 0.264. The first-order valence-corrected chi connectivity index (χ1v) is 2.22. The maximum Gasteiger partial charge on any atom is 0.0363 e. The molecule has 0 saturated carbocycles. The van der Waals surface area contributed by atoms with Gasteiger partial charge in [-0.3, -0.25) is 0 Å². The highest BCUT2D eigenvalue weighted by atomic mass is 32.1. The molecule has 0 aliphatic rings. The predicted molar refractivity (Wildman–Crippen MR) is 32.0 cm³/mol. The van der Waals surface area contributed by atoms with E-state index in [1.165, 1.54) is 0 Å². The van der Waals surface area contributed by atoms with E-state index in [1.807, 2.05) is 6.92 Å². The van der Waals surface area contributed by atoms with Crippen molar-refractivity contribution in [1.82, 2.24) is 0 Å². The highest BCUT2D eigenvalue weighted by Crippen LogP contribution is 1.87. The maximum atomic E-state index is 4.45. The molecule has 0 aromatic rings. The second kappa shape index (κ2) is 3.04. The molecule has 0 aromatic carbocycles. The van der Waals surface area contributed by atoms with Gasteiger partial charge in [-0.1, -0.05) is 25.2 Å². The molecule has 0 spiro atoms. The molecule has 0 rings (SSSR count). The molecule has 0 fully saturated rings. The van der Waals surface area contributed by atoms with Crippen LogP contribution in [0.3, 0.4) is 0 Å². The fourth-order valence-electron chi connectivity index (χ4n) is 0.0481. The van der Waals surface area contributed by atoms with Crippen molar-refractivity contribution >= 4 is 17.6 Å². The van der Waals surface area contributed by atoms with E-state index in [2.05, 4.69) is 24.2 Å². The van der Waals surface area contributed by atoms with Crippen LogP contribution in [0.15, 0.2) is 12.7 Å². The highest BCUT2D eigenvalue weighted by molar-refractivity contribution is 7.79. The predicted octanol–water partition coefficient (Wildman–Crippen LogP) is 1.69. The zero-order chi connectivity index (χ0) is 4.99. The molecule has 0 saturated heterocycles. The van der Waals surface area contributed by atoms with Crippen LogP contribution in [0.25, 0.3) is 0 Å². The molecule has 0 heterocycles. The van der Waals surface area contributed by atoms with Gasteiger partial charge in [-0.05, 0) is 0 Å². The standard InChI is InChI=1S/C5H7S/c1-3-5(2)4-6/h3,5H,1H2,2H3. The molecule has 0 bridgehead atoms. The minimum absolute atomic E-state index is 0.264. The SMILES string of the molecule is C=CC(C)[C]=S. The summed E-state index contributed by atoms with van der Waals surface area (Å²) in [6.07, 6.45) is 1.76. The molecule has 0 aliphatic heterocycles. The summed E-state index contributed by atoms with van der Waals surface area (Å²) in [4.78, 5) is 0. The van der Waals surface area contributed by atoms with E-state index in [9.17, 15) is 0 Å². The molecule has 1 radical (unpaired) electrons. The van der Waals surface area contributed by atoms with E-state index >= 15 is 0 Å². The van der Waals surface area contributed by atoms with Gasteiger partial charge in [0, 0.05) is 11.3 Å². The molecule has 0 N–H and O–H groups in total. The van der Waals surface area contributed by atoms with Crippen molar-refractivity contribution in [2.24, 2.45) is 5.92 Å². The van der Waals surface area contributed by atoms with Crippen LogP contribution >= 0.6 is 12.2 Å². The first kappa shape index (κ1) is 5.83. The molecule has 0 aromatic heterocycles. The third kappa shape index (κ3) is 2.09. The average Bonchev–Trinajstić information content (AvgIpc) is 1.65. The molecule has 1 unspecified atom stereocenters. The smallest absolute Gasteiger partial charge is 0.0363 e. The number of hydrogen-bond donors (Lipinski definition) is 0. The number of allylic oxidation sites excluding steroid dienone is 1. The molecule has 0 nitrogen and oxygen atoms in total. The fourth-order valence-corrected chi connectivity index (χ4v) is 0.144. The van der Waals surface area contributed by atoms with Gasteiger partial charge in [0.05, 0.1) is 0 Å². The molecule has 0 amide bonds. The Balaban J connectivity index is 3.21. The van der Waals surface area contributed by atoms with E-state index in [0.717, 1.165) is 0 Å². The Kier molecular flexibility index (Phi) is 2.95. The topological polar surface area (TPSA) is 0 Å². The monoisotopic (exact) mass is 99.0 g/mol. The summed E-state index contributed by atoms with van der Waals surface area (Å²) >= 11 is 4.45. The van der Waals surface area contributed by atoms with Crippen LogP contribution in [0.4, 0.5) is 0 Å². The Morgan fingerprint density at radius 2 is 2.50 bits per heavy atom. The van der Waals surface area contributed by atoms with E-state index in [-0.39, 0.29) is 5.92 Å². The van der Waals surface area contributed by atoms with Crippen molar-refractivity contribution in [3.8, 4) is 0 Å². The fraction of sp³-hybridized carbons (Fsp3) is 0.400. The van der Waals surface area contributed by atoms with Crippen LogP contribution in [-0.4, -0.2) is 5.37 Å². The zero-order valence-electron chi connectivity index (χ0n) is 3.77. The Morgan fingerprint density at radius 3 is 2.50 bits per heavy atom. The van der Waals surface area contributed by atoms with Gasteiger partial charge in [-0.15, -0.1) is 6.58 Å². The second-order valence-electron chi connectivity index (χ2n) is 1.14. The van der Waals surface area contributed by atoms with Crippen LogP contribution in [0.5, 0.6) is 0 Å². The van der Waals surface area contributed by atoms with Gasteiger partial charge in [0.25, 0.3) is 0 Å². The summed E-state index contributed by atoms with van der Waals surface area (Å²) in [7, 11) is 0. The summed E-state index contributed by atoms with van der Waals surface area (Å²) in [6, 6.07) is 0. The molecule has 1 atom stereocenters. The largest absolute Gasteiger partial charge is 0.102 e. The van der Waals surface area contributed by atoms with Gasteiger partial charge in [0.2, 0.25) is 0 Å². The first-order valence-electron chi connectivity index (χ1n) is 1.81. The number of thiocarbonyl (C=S) groups is 1. The number of rotatable bonds is 2. The normalized spacial score (nSPS) is 12.8. The van der Waals surface area contributed by atoms with E-state index in [0.29, 0.717) is 0 Å². The number of hydrogen-bond acceptors (Lipinski definition) is 1. The Labute approximate surface area is 43.9 Å². The van der Waals surface area contributed by atoms with Gasteiger partial charge in [-0.25, -0.2) is 0 Å². The van der Waals surface area contributed by atoms with Gasteiger partial charge in [0.1, 0.15) is 0 Å².